The Hall–Kier alpha value is -4.62. The first-order valence-electron chi connectivity index (χ1n) is 13.2. The van der Waals surface area contributed by atoms with Crippen molar-refractivity contribution < 1.29 is 34.1 Å². The molecule has 0 aliphatic carbocycles. The molecule has 9 N–H and O–H groups in total. The molecule has 0 aliphatic heterocycles. The average Bonchev–Trinajstić information content (AvgIpc) is 2.97. The third kappa shape index (κ3) is 20.5. The SMILES string of the molecule is CC(C)(C)OC(=O)CC/C=C/CNc1ncc(C(N)=O)cc1[N+](=O)[O-].CO.Cl.Cl.Cl.NC/C=C/CNc1ncc(C(N)=O)cc1[N+](=O)[O-]. The van der Waals surface area contributed by atoms with Gasteiger partial charge in [-0.25, -0.2) is 9.97 Å². The topological polar surface area (TPSA) is 295 Å². The molecule has 0 atom stereocenters. The van der Waals surface area contributed by atoms with Crippen molar-refractivity contribution in [3.63, 3.8) is 0 Å². The number of nitro groups is 2. The second-order valence-electron chi connectivity index (χ2n) is 9.49. The summed E-state index contributed by atoms with van der Waals surface area (Å²) in [7, 11) is 1.00. The molecule has 2 rings (SSSR count). The van der Waals surface area contributed by atoms with Gasteiger partial charge in [0.25, 0.3) is 11.8 Å². The van der Waals surface area contributed by atoms with Gasteiger partial charge in [-0.05, 0) is 27.2 Å². The van der Waals surface area contributed by atoms with E-state index >= 15 is 0 Å². The van der Waals surface area contributed by atoms with Crippen LogP contribution in [0, 0.1) is 20.2 Å². The van der Waals surface area contributed by atoms with Gasteiger partial charge in [0.1, 0.15) is 5.60 Å². The number of nitrogens with zero attached hydrogens (tertiary/aromatic N) is 4. The monoisotopic (exact) mass is 741 g/mol. The van der Waals surface area contributed by atoms with Crippen molar-refractivity contribution in [1.82, 2.24) is 9.97 Å². The molecule has 18 nitrogen and oxygen atoms in total. The van der Waals surface area contributed by atoms with Crippen molar-refractivity contribution in [3.8, 4) is 0 Å². The molecule has 21 heteroatoms. The van der Waals surface area contributed by atoms with Crippen LogP contribution in [-0.4, -0.2) is 75.0 Å². The second-order valence-corrected chi connectivity index (χ2v) is 9.49. The van der Waals surface area contributed by atoms with E-state index in [4.69, 9.17) is 27.0 Å². The number of rotatable bonds is 14. The summed E-state index contributed by atoms with van der Waals surface area (Å²) in [6.07, 6.45) is 10.0. The molecule has 0 aromatic carbocycles. The number of ether oxygens (including phenoxy) is 1. The highest BCUT2D eigenvalue weighted by Crippen LogP contribution is 2.23. The molecule has 2 aromatic heterocycles. The zero-order valence-electron chi connectivity index (χ0n) is 26.6. The van der Waals surface area contributed by atoms with Crippen LogP contribution in [0.2, 0.25) is 0 Å². The standard InChI is InChI=1S/C16H22N4O5.C10H13N5O3.CH4O.3ClH/c1-16(2,3)25-13(21)7-5-4-6-8-18-15-12(20(23)24)9-11(10-19-15)14(17)22;11-3-1-2-4-13-10-8(15(17)18)5-7(6-14-10)9(12)16;1-2;;;/h4,6,9-10H,5,7-8H2,1-3H3,(H2,17,22)(H,18,19);1-2,5-6H,3-4,11H2,(H2,12,16)(H,13,14);2H,1H3;3*1H/b6-4+;2-1+;;;;. The summed E-state index contributed by atoms with van der Waals surface area (Å²) in [5.74, 6) is -1.73. The van der Waals surface area contributed by atoms with E-state index in [2.05, 4.69) is 20.6 Å². The molecule has 0 spiro atoms. The summed E-state index contributed by atoms with van der Waals surface area (Å²) in [4.78, 5) is 61.7. The molecule has 2 heterocycles. The van der Waals surface area contributed by atoms with E-state index in [9.17, 15) is 34.6 Å². The summed E-state index contributed by atoms with van der Waals surface area (Å²) >= 11 is 0. The van der Waals surface area contributed by atoms with Crippen LogP contribution >= 0.6 is 37.2 Å². The number of carbonyl (C=O) groups is 3. The van der Waals surface area contributed by atoms with Gasteiger partial charge in [0, 0.05) is 57.7 Å². The number of aromatic nitrogens is 2. The number of aliphatic hydroxyl groups excluding tert-OH is 1. The molecule has 0 bridgehead atoms. The summed E-state index contributed by atoms with van der Waals surface area (Å²) in [6, 6.07) is 2.16. The Balaban J connectivity index is -0.000000376. The van der Waals surface area contributed by atoms with Crippen LogP contribution < -0.4 is 27.8 Å². The van der Waals surface area contributed by atoms with E-state index in [1.54, 1.807) is 45.1 Å². The van der Waals surface area contributed by atoms with E-state index in [0.29, 0.717) is 19.5 Å². The number of amides is 2. The Morgan fingerprint density at radius 3 is 1.56 bits per heavy atom. The number of allylic oxidation sites excluding steroid dienone is 1. The first kappa shape index (κ1) is 50.2. The first-order valence-corrected chi connectivity index (χ1v) is 13.2. The number of carbonyl (C=O) groups excluding carboxylic acids is 3. The number of hydrogen-bond acceptors (Lipinski definition) is 14. The third-order valence-electron chi connectivity index (χ3n) is 4.88. The van der Waals surface area contributed by atoms with Crippen molar-refractivity contribution in [2.75, 3.05) is 37.4 Å². The number of hydrogen-bond donors (Lipinski definition) is 6. The Kier molecular flexibility index (Phi) is 27.7. The van der Waals surface area contributed by atoms with E-state index < -0.39 is 27.3 Å². The smallest absolute Gasteiger partial charge is 0.312 e. The normalized spacial score (nSPS) is 9.96. The Bertz CT molecular complexity index is 1390. The van der Waals surface area contributed by atoms with Crippen LogP contribution in [0.25, 0.3) is 0 Å². The van der Waals surface area contributed by atoms with Gasteiger partial charge in [-0.3, -0.25) is 34.6 Å². The maximum absolute atomic E-state index is 11.5. The molecule has 0 fully saturated rings. The first-order chi connectivity index (χ1) is 21.2. The largest absolute Gasteiger partial charge is 0.460 e. The van der Waals surface area contributed by atoms with Gasteiger partial charge in [0.2, 0.25) is 11.6 Å². The molecule has 0 aliphatic rings. The van der Waals surface area contributed by atoms with Crippen molar-refractivity contribution in [2.24, 2.45) is 17.2 Å². The minimum atomic E-state index is -0.788. The highest BCUT2D eigenvalue weighted by atomic mass is 35.5. The summed E-state index contributed by atoms with van der Waals surface area (Å²) in [5.41, 5.74) is 14.2. The Morgan fingerprint density at radius 2 is 1.23 bits per heavy atom. The fraction of sp³-hybridized carbons (Fsp3) is 0.370. The zero-order valence-corrected chi connectivity index (χ0v) is 29.1. The fourth-order valence-corrected chi connectivity index (χ4v) is 3.01. The highest BCUT2D eigenvalue weighted by molar-refractivity contribution is 5.94. The molecular weight excluding hydrogens is 701 g/mol. The average molecular weight is 743 g/mol. The minimum absolute atomic E-state index is 0. The van der Waals surface area contributed by atoms with Crippen LogP contribution in [0.1, 0.15) is 54.3 Å². The third-order valence-corrected chi connectivity index (χ3v) is 4.88. The van der Waals surface area contributed by atoms with Crippen molar-refractivity contribution in [2.45, 2.75) is 39.2 Å². The van der Waals surface area contributed by atoms with Crippen LogP contribution in [0.5, 0.6) is 0 Å². The molecule has 0 unspecified atom stereocenters. The van der Waals surface area contributed by atoms with Crippen LogP contribution in [0.15, 0.2) is 48.8 Å². The van der Waals surface area contributed by atoms with Gasteiger partial charge < -0.3 is 37.7 Å². The molecular formula is C27H42Cl3N9O9. The molecule has 2 amide bonds. The molecule has 48 heavy (non-hydrogen) atoms. The second kappa shape index (κ2) is 26.4. The minimum Gasteiger partial charge on any atom is -0.460 e. The van der Waals surface area contributed by atoms with E-state index in [1.807, 2.05) is 0 Å². The Labute approximate surface area is 295 Å². The fourth-order valence-electron chi connectivity index (χ4n) is 3.01. The molecule has 0 saturated carbocycles. The van der Waals surface area contributed by atoms with Crippen LogP contribution in [0.3, 0.4) is 0 Å². The van der Waals surface area contributed by atoms with Gasteiger partial charge in [-0.15, -0.1) is 37.2 Å². The lowest BCUT2D eigenvalue weighted by Crippen LogP contribution is -2.23. The number of primary amides is 2. The summed E-state index contributed by atoms with van der Waals surface area (Å²) in [5, 5.41) is 34.4. The van der Waals surface area contributed by atoms with E-state index in [-0.39, 0.29) is 90.3 Å². The predicted molar refractivity (Wildman–Crippen MR) is 188 cm³/mol. The molecule has 2 aromatic rings. The van der Waals surface area contributed by atoms with Gasteiger partial charge in [0.05, 0.1) is 21.0 Å². The Morgan fingerprint density at radius 1 is 0.833 bits per heavy atom. The van der Waals surface area contributed by atoms with Crippen molar-refractivity contribution in [1.29, 1.82) is 0 Å². The number of aliphatic hydroxyl groups is 1. The number of halogens is 3. The summed E-state index contributed by atoms with van der Waals surface area (Å²) < 4.78 is 5.17. The van der Waals surface area contributed by atoms with E-state index in [1.165, 1.54) is 12.4 Å². The zero-order chi connectivity index (χ0) is 34.6. The number of anilines is 2. The van der Waals surface area contributed by atoms with Gasteiger partial charge in [0.15, 0.2) is 0 Å². The van der Waals surface area contributed by atoms with Gasteiger partial charge in [-0.2, -0.15) is 0 Å². The molecule has 0 saturated heterocycles. The van der Waals surface area contributed by atoms with E-state index in [0.717, 1.165) is 19.2 Å². The predicted octanol–water partition coefficient (Wildman–Crippen LogP) is 3.07. The lowest BCUT2D eigenvalue weighted by atomic mass is 10.2. The van der Waals surface area contributed by atoms with Gasteiger partial charge in [-0.1, -0.05) is 24.3 Å². The number of nitrogens with two attached hydrogens (primary N) is 3. The van der Waals surface area contributed by atoms with Crippen molar-refractivity contribution >= 4 is 78.0 Å². The van der Waals surface area contributed by atoms with Crippen molar-refractivity contribution in [3.05, 3.63) is 80.2 Å². The quantitative estimate of drug-likeness (QED) is 0.0702. The van der Waals surface area contributed by atoms with Crippen LogP contribution in [0.4, 0.5) is 23.0 Å². The highest BCUT2D eigenvalue weighted by Gasteiger charge is 2.19. The molecule has 270 valence electrons. The lowest BCUT2D eigenvalue weighted by molar-refractivity contribution is -0.384. The van der Waals surface area contributed by atoms with Gasteiger partial charge >= 0.3 is 17.3 Å². The lowest BCUT2D eigenvalue weighted by Gasteiger charge is -2.19. The summed E-state index contributed by atoms with van der Waals surface area (Å²) in [6.45, 7) is 6.41. The maximum Gasteiger partial charge on any atom is 0.312 e. The maximum atomic E-state index is 11.5. The number of pyridine rings is 2. The number of esters is 1. The molecule has 0 radical (unpaired) electrons. The number of nitrogens with one attached hydrogen (secondary N) is 2. The van der Waals surface area contributed by atoms with Crippen LogP contribution in [-0.2, 0) is 9.53 Å².